The molecule has 7 nitrogen and oxygen atoms in total. The molecule has 1 aliphatic heterocycles. The number of hydrogen-bond acceptors (Lipinski definition) is 6. The maximum Gasteiger partial charge on any atom is 0.247 e. The molecule has 0 spiro atoms. The summed E-state index contributed by atoms with van der Waals surface area (Å²) in [6, 6.07) is 21.5. The number of carbonyl (C=O) groups is 2. The predicted molar refractivity (Wildman–Crippen MR) is 153 cm³/mol. The first-order chi connectivity index (χ1) is 18.9. The van der Waals surface area contributed by atoms with Crippen molar-refractivity contribution in [1.82, 2.24) is 9.88 Å². The molecule has 39 heavy (non-hydrogen) atoms. The Kier molecular flexibility index (Phi) is 8.14. The number of rotatable bonds is 9. The zero-order valence-corrected chi connectivity index (χ0v) is 23.2. The Labute approximate surface area is 236 Å². The van der Waals surface area contributed by atoms with Gasteiger partial charge in [0.15, 0.2) is 11.5 Å². The van der Waals surface area contributed by atoms with Crippen molar-refractivity contribution in [2.24, 2.45) is 5.92 Å². The summed E-state index contributed by atoms with van der Waals surface area (Å²) < 4.78 is 10.8. The highest BCUT2D eigenvalue weighted by Gasteiger charge is 2.33. The highest BCUT2D eigenvalue weighted by atomic mass is 35.5. The van der Waals surface area contributed by atoms with Crippen molar-refractivity contribution in [2.45, 2.75) is 32.9 Å². The standard InChI is InChI=1S/C30H28ClN3O4S/c1-19(2)29(30(36)32-23-12-13-25-26(15-23)38-18-37-25)34(28(35)14-20-6-4-3-5-7-20)16-27-33-24(17-39-27)21-8-10-22(31)11-9-21/h3-13,15,17,19,29H,14,16,18H2,1-2H3,(H,32,36). The van der Waals surface area contributed by atoms with E-state index in [9.17, 15) is 9.59 Å². The lowest BCUT2D eigenvalue weighted by molar-refractivity contribution is -0.140. The molecule has 0 radical (unpaired) electrons. The van der Waals surface area contributed by atoms with Gasteiger partial charge in [-0.1, -0.05) is 67.9 Å². The van der Waals surface area contributed by atoms with E-state index in [4.69, 9.17) is 26.1 Å². The molecule has 9 heteroatoms. The molecule has 2 heterocycles. The number of anilines is 1. The van der Waals surface area contributed by atoms with Crippen molar-refractivity contribution in [3.05, 3.63) is 93.8 Å². The average molecular weight is 562 g/mol. The van der Waals surface area contributed by atoms with E-state index in [2.05, 4.69) is 5.32 Å². The van der Waals surface area contributed by atoms with Gasteiger partial charge in [0.1, 0.15) is 11.0 Å². The van der Waals surface area contributed by atoms with E-state index in [-0.39, 0.29) is 37.5 Å². The Balaban J connectivity index is 1.42. The highest BCUT2D eigenvalue weighted by Crippen LogP contribution is 2.34. The third kappa shape index (κ3) is 6.41. The molecule has 1 unspecified atom stereocenters. The van der Waals surface area contributed by atoms with E-state index < -0.39 is 6.04 Å². The Morgan fingerprint density at radius 3 is 2.51 bits per heavy atom. The van der Waals surface area contributed by atoms with Gasteiger partial charge in [-0.3, -0.25) is 9.59 Å². The van der Waals surface area contributed by atoms with Crippen LogP contribution in [0.25, 0.3) is 11.3 Å². The summed E-state index contributed by atoms with van der Waals surface area (Å²) in [4.78, 5) is 33.9. The van der Waals surface area contributed by atoms with Crippen LogP contribution < -0.4 is 14.8 Å². The van der Waals surface area contributed by atoms with Crippen LogP contribution >= 0.6 is 22.9 Å². The van der Waals surface area contributed by atoms with Crippen LogP contribution in [0.5, 0.6) is 11.5 Å². The van der Waals surface area contributed by atoms with Crippen molar-refractivity contribution < 1.29 is 19.1 Å². The van der Waals surface area contributed by atoms with E-state index in [1.807, 2.05) is 73.8 Å². The van der Waals surface area contributed by atoms with E-state index in [0.29, 0.717) is 22.2 Å². The first-order valence-corrected chi connectivity index (χ1v) is 13.9. The monoisotopic (exact) mass is 561 g/mol. The summed E-state index contributed by atoms with van der Waals surface area (Å²) in [5.74, 6) is 0.620. The fourth-order valence-electron chi connectivity index (χ4n) is 4.49. The van der Waals surface area contributed by atoms with Crippen LogP contribution in [-0.4, -0.2) is 34.5 Å². The van der Waals surface area contributed by atoms with E-state index in [1.54, 1.807) is 23.1 Å². The first-order valence-electron chi connectivity index (χ1n) is 12.6. The van der Waals surface area contributed by atoms with Gasteiger partial charge in [0.2, 0.25) is 18.6 Å². The summed E-state index contributed by atoms with van der Waals surface area (Å²) in [6.45, 7) is 4.23. The van der Waals surface area contributed by atoms with E-state index >= 15 is 0 Å². The number of amides is 2. The van der Waals surface area contributed by atoms with Crippen molar-refractivity contribution in [1.29, 1.82) is 0 Å². The molecule has 5 rings (SSSR count). The quantitative estimate of drug-likeness (QED) is 0.255. The summed E-state index contributed by atoms with van der Waals surface area (Å²) in [5.41, 5.74) is 3.19. The smallest absolute Gasteiger partial charge is 0.247 e. The van der Waals surface area contributed by atoms with Crippen molar-refractivity contribution >= 4 is 40.4 Å². The molecule has 0 saturated carbocycles. The molecular weight excluding hydrogens is 534 g/mol. The van der Waals surface area contributed by atoms with E-state index in [0.717, 1.165) is 21.8 Å². The van der Waals surface area contributed by atoms with Gasteiger partial charge in [0.25, 0.3) is 0 Å². The number of hydrogen-bond donors (Lipinski definition) is 1. The average Bonchev–Trinajstić information content (AvgIpc) is 3.58. The lowest BCUT2D eigenvalue weighted by atomic mass is 10.00. The first kappa shape index (κ1) is 26.7. The zero-order chi connectivity index (χ0) is 27.4. The van der Waals surface area contributed by atoms with Crippen LogP contribution in [0.4, 0.5) is 5.69 Å². The maximum atomic E-state index is 13.8. The number of fused-ring (bicyclic) bond motifs is 1. The van der Waals surface area contributed by atoms with Gasteiger partial charge < -0.3 is 19.7 Å². The van der Waals surface area contributed by atoms with Crippen molar-refractivity contribution in [3.8, 4) is 22.8 Å². The Bertz CT molecular complexity index is 1460. The molecule has 4 aromatic rings. The van der Waals surface area contributed by atoms with E-state index in [1.165, 1.54) is 11.3 Å². The maximum absolute atomic E-state index is 13.8. The minimum absolute atomic E-state index is 0.148. The van der Waals surface area contributed by atoms with Crippen molar-refractivity contribution in [2.75, 3.05) is 12.1 Å². The van der Waals surface area contributed by atoms with Gasteiger partial charge in [-0.05, 0) is 35.7 Å². The Morgan fingerprint density at radius 2 is 1.77 bits per heavy atom. The van der Waals surface area contributed by atoms with Crippen LogP contribution in [0.2, 0.25) is 5.02 Å². The summed E-state index contributed by atoms with van der Waals surface area (Å²) in [5, 5.41) is 6.32. The summed E-state index contributed by atoms with van der Waals surface area (Å²) >= 11 is 7.50. The minimum atomic E-state index is -0.727. The fourth-order valence-corrected chi connectivity index (χ4v) is 5.42. The highest BCUT2D eigenvalue weighted by molar-refractivity contribution is 7.09. The molecule has 3 aromatic carbocycles. The van der Waals surface area contributed by atoms with Crippen LogP contribution in [0, 0.1) is 5.92 Å². The third-order valence-electron chi connectivity index (χ3n) is 6.39. The lowest BCUT2D eigenvalue weighted by Crippen LogP contribution is -2.50. The number of nitrogens with zero attached hydrogens (tertiary/aromatic N) is 2. The van der Waals surface area contributed by atoms with Gasteiger partial charge in [0.05, 0.1) is 18.7 Å². The number of benzene rings is 3. The van der Waals surface area contributed by atoms with Gasteiger partial charge >= 0.3 is 0 Å². The number of carbonyl (C=O) groups excluding carboxylic acids is 2. The molecule has 0 bridgehead atoms. The van der Waals surface area contributed by atoms with Gasteiger partial charge in [-0.2, -0.15) is 0 Å². The molecule has 0 saturated heterocycles. The largest absolute Gasteiger partial charge is 0.454 e. The molecular formula is C30H28ClN3O4S. The lowest BCUT2D eigenvalue weighted by Gasteiger charge is -2.33. The topological polar surface area (TPSA) is 80.8 Å². The third-order valence-corrected chi connectivity index (χ3v) is 7.48. The fraction of sp³-hybridized carbons (Fsp3) is 0.233. The molecule has 0 aliphatic carbocycles. The van der Waals surface area contributed by atoms with Crippen LogP contribution in [0.3, 0.4) is 0 Å². The SMILES string of the molecule is CC(C)C(C(=O)Nc1ccc2c(c1)OCO2)N(Cc1nc(-c2ccc(Cl)cc2)cs1)C(=O)Cc1ccccc1. The second-order valence-corrected chi connectivity index (χ2v) is 10.9. The summed E-state index contributed by atoms with van der Waals surface area (Å²) in [6.07, 6.45) is 0.177. The number of thiazole rings is 1. The predicted octanol–water partition coefficient (Wildman–Crippen LogP) is 6.43. The normalized spacial score (nSPS) is 12.8. The van der Waals surface area contributed by atoms with Crippen molar-refractivity contribution in [3.63, 3.8) is 0 Å². The summed E-state index contributed by atoms with van der Waals surface area (Å²) in [7, 11) is 0. The molecule has 1 atom stereocenters. The second kappa shape index (κ2) is 11.9. The van der Waals surface area contributed by atoms with Crippen LogP contribution in [-0.2, 0) is 22.6 Å². The second-order valence-electron chi connectivity index (χ2n) is 9.56. The molecule has 1 aromatic heterocycles. The van der Waals surface area contributed by atoms with Gasteiger partial charge in [-0.15, -0.1) is 11.3 Å². The number of aromatic nitrogens is 1. The van der Waals surface area contributed by atoms with Gasteiger partial charge in [0, 0.05) is 27.7 Å². The number of nitrogens with one attached hydrogen (secondary N) is 1. The van der Waals surface area contributed by atoms with Crippen LogP contribution in [0.15, 0.2) is 78.2 Å². The molecule has 1 N–H and O–H groups in total. The molecule has 2 amide bonds. The van der Waals surface area contributed by atoms with Gasteiger partial charge in [-0.25, -0.2) is 4.98 Å². The Morgan fingerprint density at radius 1 is 1.03 bits per heavy atom. The molecule has 0 fully saturated rings. The number of halogens is 1. The minimum Gasteiger partial charge on any atom is -0.454 e. The number of ether oxygens (including phenoxy) is 2. The van der Waals surface area contributed by atoms with Crippen LogP contribution in [0.1, 0.15) is 24.4 Å². The molecule has 1 aliphatic rings. The zero-order valence-electron chi connectivity index (χ0n) is 21.6. The molecule has 200 valence electrons. The Hall–Kier alpha value is -3.88.